The molecule has 1 aromatic rings. The third-order valence-corrected chi connectivity index (χ3v) is 2.55. The lowest BCUT2D eigenvalue weighted by molar-refractivity contribution is 1.35. The van der Waals surface area contributed by atoms with Crippen LogP contribution >= 0.6 is 34.8 Å². The van der Waals surface area contributed by atoms with Crippen LogP contribution in [0, 0.1) is 6.54 Å². The first-order chi connectivity index (χ1) is 5.16. The molecule has 0 bridgehead atoms. The largest absolute Gasteiger partial charge is 0.322 e. The highest BCUT2D eigenvalue weighted by Crippen LogP contribution is 2.32. The van der Waals surface area contributed by atoms with Crippen molar-refractivity contribution in [2.24, 2.45) is 5.73 Å². The Labute approximate surface area is 80.0 Å². The van der Waals surface area contributed by atoms with Crippen LogP contribution in [-0.4, -0.2) is 0 Å². The summed E-state index contributed by atoms with van der Waals surface area (Å²) in [5, 5.41) is 1.16. The van der Waals surface area contributed by atoms with Gasteiger partial charge >= 0.3 is 0 Å². The molecule has 0 heterocycles. The Bertz CT molecular complexity index is 273. The standard InChI is InChI=1S/C7H5Cl3N/c8-5-2-1-4(3-11)6(9)7(5)10/h1-3H,11H2. The second-order valence-corrected chi connectivity index (χ2v) is 3.09. The molecule has 11 heavy (non-hydrogen) atoms. The van der Waals surface area contributed by atoms with Gasteiger partial charge in [0.25, 0.3) is 0 Å². The summed E-state index contributed by atoms with van der Waals surface area (Å²) in [5.41, 5.74) is 5.94. The van der Waals surface area contributed by atoms with Crippen LogP contribution in [-0.2, 0) is 0 Å². The Morgan fingerprint density at radius 3 is 2.27 bits per heavy atom. The van der Waals surface area contributed by atoms with E-state index in [2.05, 4.69) is 0 Å². The second-order valence-electron chi connectivity index (χ2n) is 1.93. The van der Waals surface area contributed by atoms with Gasteiger partial charge in [0.05, 0.1) is 21.6 Å². The molecule has 4 heteroatoms. The molecule has 0 amide bonds. The molecule has 0 aliphatic rings. The Morgan fingerprint density at radius 1 is 1.09 bits per heavy atom. The molecule has 1 nitrogen and oxygen atoms in total. The van der Waals surface area contributed by atoms with E-state index in [1.807, 2.05) is 0 Å². The fraction of sp³-hybridized carbons (Fsp3) is 0. The number of rotatable bonds is 1. The molecule has 0 saturated heterocycles. The number of hydrogen-bond acceptors (Lipinski definition) is 1. The molecule has 0 saturated carbocycles. The predicted octanol–water partition coefficient (Wildman–Crippen LogP) is 3.12. The van der Waals surface area contributed by atoms with E-state index in [0.717, 1.165) is 0 Å². The lowest BCUT2D eigenvalue weighted by atomic mass is 10.2. The van der Waals surface area contributed by atoms with E-state index >= 15 is 0 Å². The number of halogens is 3. The van der Waals surface area contributed by atoms with Crippen molar-refractivity contribution < 1.29 is 0 Å². The molecule has 1 aromatic carbocycles. The van der Waals surface area contributed by atoms with Crippen LogP contribution in [0.15, 0.2) is 12.1 Å². The summed E-state index contributed by atoms with van der Waals surface area (Å²) in [6, 6.07) is 3.35. The molecule has 0 aromatic heterocycles. The smallest absolute Gasteiger partial charge is 0.0781 e. The third kappa shape index (κ3) is 1.79. The van der Waals surface area contributed by atoms with Gasteiger partial charge in [0.15, 0.2) is 0 Å². The maximum absolute atomic E-state index is 5.77. The maximum Gasteiger partial charge on any atom is 0.0781 e. The predicted molar refractivity (Wildman–Crippen MR) is 49.1 cm³/mol. The van der Waals surface area contributed by atoms with Gasteiger partial charge in [0.2, 0.25) is 0 Å². The zero-order valence-electron chi connectivity index (χ0n) is 5.44. The number of benzene rings is 1. The summed E-state index contributed by atoms with van der Waals surface area (Å²) < 4.78 is 0. The minimum absolute atomic E-state index is 0.340. The number of hydrogen-bond donors (Lipinski definition) is 1. The summed E-state index contributed by atoms with van der Waals surface area (Å²) >= 11 is 17.2. The fourth-order valence-corrected chi connectivity index (χ4v) is 1.28. The van der Waals surface area contributed by atoms with E-state index < -0.39 is 0 Å². The average molecular weight is 209 g/mol. The van der Waals surface area contributed by atoms with Gasteiger partial charge in [-0.15, -0.1) is 0 Å². The zero-order chi connectivity index (χ0) is 8.43. The topological polar surface area (TPSA) is 26.0 Å². The van der Waals surface area contributed by atoms with E-state index in [4.69, 9.17) is 40.5 Å². The van der Waals surface area contributed by atoms with Crippen molar-refractivity contribution in [2.45, 2.75) is 0 Å². The fourth-order valence-electron chi connectivity index (χ4n) is 0.670. The summed E-state index contributed by atoms with van der Waals surface area (Å²) in [5.74, 6) is 0. The first-order valence-corrected chi connectivity index (χ1v) is 3.98. The first kappa shape index (κ1) is 9.14. The van der Waals surface area contributed by atoms with Crippen LogP contribution < -0.4 is 5.73 Å². The van der Waals surface area contributed by atoms with Crippen molar-refractivity contribution in [3.8, 4) is 0 Å². The van der Waals surface area contributed by atoms with Crippen LogP contribution in [0.4, 0.5) is 0 Å². The van der Waals surface area contributed by atoms with Gasteiger partial charge in [-0.05, 0) is 11.6 Å². The highest BCUT2D eigenvalue weighted by molar-refractivity contribution is 6.48. The maximum atomic E-state index is 5.77. The first-order valence-electron chi connectivity index (χ1n) is 2.85. The highest BCUT2D eigenvalue weighted by atomic mass is 35.5. The van der Waals surface area contributed by atoms with E-state index in [9.17, 15) is 0 Å². The van der Waals surface area contributed by atoms with Gasteiger partial charge in [0.1, 0.15) is 0 Å². The summed E-state index contributed by atoms with van der Waals surface area (Å²) in [4.78, 5) is 0. The number of nitrogens with two attached hydrogens (primary N) is 1. The highest BCUT2D eigenvalue weighted by Gasteiger charge is 2.06. The van der Waals surface area contributed by atoms with E-state index in [1.165, 1.54) is 6.54 Å². The third-order valence-electron chi connectivity index (χ3n) is 1.24. The molecule has 2 N–H and O–H groups in total. The Morgan fingerprint density at radius 2 is 1.73 bits per heavy atom. The molecular formula is C7H5Cl3N. The van der Waals surface area contributed by atoms with Crippen molar-refractivity contribution in [1.29, 1.82) is 0 Å². The molecule has 0 unspecified atom stereocenters. The van der Waals surface area contributed by atoms with Crippen molar-refractivity contribution in [3.63, 3.8) is 0 Å². The van der Waals surface area contributed by atoms with Gasteiger partial charge in [-0.2, -0.15) is 0 Å². The van der Waals surface area contributed by atoms with Crippen LogP contribution in [0.25, 0.3) is 0 Å². The molecule has 0 fully saturated rings. The van der Waals surface area contributed by atoms with Crippen LogP contribution in [0.2, 0.25) is 15.1 Å². The normalized spacial score (nSPS) is 10.2. The molecular weight excluding hydrogens is 204 g/mol. The minimum Gasteiger partial charge on any atom is -0.322 e. The van der Waals surface area contributed by atoms with E-state index in [-0.39, 0.29) is 0 Å². The van der Waals surface area contributed by atoms with Gasteiger partial charge in [-0.3, -0.25) is 0 Å². The SMILES string of the molecule is N[CH]c1ccc(Cl)c(Cl)c1Cl. The van der Waals surface area contributed by atoms with E-state index in [1.54, 1.807) is 12.1 Å². The van der Waals surface area contributed by atoms with Crippen molar-refractivity contribution >= 4 is 34.8 Å². The van der Waals surface area contributed by atoms with Crippen molar-refractivity contribution in [3.05, 3.63) is 39.3 Å². The van der Waals surface area contributed by atoms with Gasteiger partial charge < -0.3 is 5.73 Å². The van der Waals surface area contributed by atoms with Gasteiger partial charge in [-0.1, -0.05) is 40.9 Å². The van der Waals surface area contributed by atoms with Crippen molar-refractivity contribution in [1.82, 2.24) is 0 Å². The summed E-state index contributed by atoms with van der Waals surface area (Å²) in [6.45, 7) is 1.38. The van der Waals surface area contributed by atoms with Crippen molar-refractivity contribution in [2.75, 3.05) is 0 Å². The molecule has 0 aliphatic carbocycles. The molecule has 0 spiro atoms. The molecule has 1 radical (unpaired) electrons. The summed E-state index contributed by atoms with van der Waals surface area (Å²) in [7, 11) is 0. The lowest BCUT2D eigenvalue weighted by Gasteiger charge is -2.02. The molecule has 0 aliphatic heterocycles. The lowest BCUT2D eigenvalue weighted by Crippen LogP contribution is -1.93. The molecule has 59 valence electrons. The average Bonchev–Trinajstić information content (AvgIpc) is 2.01. The quantitative estimate of drug-likeness (QED) is 0.707. The van der Waals surface area contributed by atoms with Crippen LogP contribution in [0.3, 0.4) is 0 Å². The van der Waals surface area contributed by atoms with Crippen LogP contribution in [0.1, 0.15) is 5.56 Å². The second kappa shape index (κ2) is 3.63. The Hall–Kier alpha value is 0.0500. The van der Waals surface area contributed by atoms with Crippen LogP contribution in [0.5, 0.6) is 0 Å². The Kier molecular flexibility index (Phi) is 3.02. The van der Waals surface area contributed by atoms with E-state index in [0.29, 0.717) is 20.6 Å². The molecule has 0 atom stereocenters. The zero-order valence-corrected chi connectivity index (χ0v) is 7.71. The Balaban J connectivity index is 3.25. The van der Waals surface area contributed by atoms with Gasteiger partial charge in [-0.25, -0.2) is 0 Å². The van der Waals surface area contributed by atoms with Gasteiger partial charge in [0, 0.05) is 0 Å². The monoisotopic (exact) mass is 208 g/mol. The molecule has 1 rings (SSSR count). The summed E-state index contributed by atoms with van der Waals surface area (Å²) in [6.07, 6.45) is 0. The minimum atomic E-state index is 0.340.